The molecule has 1 aliphatic heterocycles. The van der Waals surface area contributed by atoms with Crippen molar-refractivity contribution in [2.24, 2.45) is 5.92 Å². The Kier molecular flexibility index (Phi) is 2.03. The lowest BCUT2D eigenvalue weighted by molar-refractivity contribution is -0.106. The van der Waals surface area contributed by atoms with Gasteiger partial charge in [-0.3, -0.25) is 0 Å². The number of terminal acetylenes is 1. The van der Waals surface area contributed by atoms with Crippen molar-refractivity contribution in [1.82, 2.24) is 0 Å². The quantitative estimate of drug-likeness (QED) is 0.576. The second-order valence-corrected chi connectivity index (χ2v) is 4.85. The fourth-order valence-corrected chi connectivity index (χ4v) is 2.15. The summed E-state index contributed by atoms with van der Waals surface area (Å²) < 4.78 is 5.76. The molecule has 0 spiro atoms. The second kappa shape index (κ2) is 2.50. The van der Waals surface area contributed by atoms with Gasteiger partial charge in [-0.05, 0) is 27.7 Å². The van der Waals surface area contributed by atoms with Gasteiger partial charge in [0.05, 0.1) is 5.60 Å². The van der Waals surface area contributed by atoms with E-state index in [2.05, 4.69) is 5.92 Å². The van der Waals surface area contributed by atoms with Gasteiger partial charge in [-0.2, -0.15) is 0 Å². The Morgan fingerprint density at radius 1 is 1.31 bits per heavy atom. The molecule has 0 aliphatic carbocycles. The zero-order valence-electron chi connectivity index (χ0n) is 9.01. The first-order chi connectivity index (χ1) is 5.67. The van der Waals surface area contributed by atoms with E-state index < -0.39 is 11.2 Å². The summed E-state index contributed by atoms with van der Waals surface area (Å²) in [6, 6.07) is 0. The molecule has 1 aliphatic rings. The molecule has 2 atom stereocenters. The van der Waals surface area contributed by atoms with E-state index >= 15 is 0 Å². The van der Waals surface area contributed by atoms with Crippen LogP contribution in [-0.2, 0) is 4.74 Å². The molecular formula is C11H18O2. The highest BCUT2D eigenvalue weighted by atomic mass is 16.6. The van der Waals surface area contributed by atoms with Crippen LogP contribution in [0.4, 0.5) is 0 Å². The van der Waals surface area contributed by atoms with E-state index in [1.54, 1.807) is 0 Å². The Balaban J connectivity index is 3.19. The monoisotopic (exact) mass is 182 g/mol. The molecule has 13 heavy (non-hydrogen) atoms. The predicted octanol–water partition coefficient (Wildman–Crippen LogP) is 1.57. The van der Waals surface area contributed by atoms with Gasteiger partial charge in [0.25, 0.3) is 0 Å². The van der Waals surface area contributed by atoms with Gasteiger partial charge in [0.15, 0.2) is 5.60 Å². The first kappa shape index (κ1) is 10.6. The Hall–Kier alpha value is -0.520. The van der Waals surface area contributed by atoms with Crippen LogP contribution in [-0.4, -0.2) is 21.9 Å². The number of hydrogen-bond acceptors (Lipinski definition) is 2. The van der Waals surface area contributed by atoms with Gasteiger partial charge < -0.3 is 9.84 Å². The van der Waals surface area contributed by atoms with Crippen molar-refractivity contribution in [2.75, 3.05) is 0 Å². The Morgan fingerprint density at radius 3 is 1.92 bits per heavy atom. The van der Waals surface area contributed by atoms with Crippen molar-refractivity contribution in [1.29, 1.82) is 0 Å². The summed E-state index contributed by atoms with van der Waals surface area (Å²) >= 11 is 0. The Bertz CT molecular complexity index is 260. The van der Waals surface area contributed by atoms with Crippen LogP contribution < -0.4 is 0 Å². The maximum atomic E-state index is 10.3. The largest absolute Gasteiger partial charge is 0.374 e. The molecule has 1 fully saturated rings. The summed E-state index contributed by atoms with van der Waals surface area (Å²) in [6.45, 7) is 9.49. The number of rotatable bonds is 0. The SMILES string of the molecule is C#CC1(O)C(C)C(C)(C)OC1(C)C. The zero-order valence-corrected chi connectivity index (χ0v) is 9.01. The summed E-state index contributed by atoms with van der Waals surface area (Å²) in [6.07, 6.45) is 5.38. The van der Waals surface area contributed by atoms with E-state index in [-0.39, 0.29) is 11.5 Å². The minimum atomic E-state index is -1.17. The van der Waals surface area contributed by atoms with E-state index in [4.69, 9.17) is 11.2 Å². The van der Waals surface area contributed by atoms with Crippen LogP contribution >= 0.6 is 0 Å². The van der Waals surface area contributed by atoms with E-state index in [9.17, 15) is 5.11 Å². The summed E-state index contributed by atoms with van der Waals surface area (Å²) in [5, 5.41) is 10.3. The highest BCUT2D eigenvalue weighted by Crippen LogP contribution is 2.48. The van der Waals surface area contributed by atoms with Gasteiger partial charge >= 0.3 is 0 Å². The minimum Gasteiger partial charge on any atom is -0.374 e. The second-order valence-electron chi connectivity index (χ2n) is 4.85. The molecule has 74 valence electrons. The maximum absolute atomic E-state index is 10.3. The molecule has 1 N–H and O–H groups in total. The normalized spacial score (nSPS) is 41.5. The lowest BCUT2D eigenvalue weighted by atomic mass is 9.75. The summed E-state index contributed by atoms with van der Waals surface area (Å²) in [7, 11) is 0. The maximum Gasteiger partial charge on any atom is 0.158 e. The van der Waals surface area contributed by atoms with Crippen LogP contribution in [0.1, 0.15) is 34.6 Å². The van der Waals surface area contributed by atoms with Crippen molar-refractivity contribution in [3.05, 3.63) is 0 Å². The minimum absolute atomic E-state index is 0.0694. The lowest BCUT2D eigenvalue weighted by Crippen LogP contribution is -2.48. The third kappa shape index (κ3) is 1.19. The van der Waals surface area contributed by atoms with Crippen molar-refractivity contribution in [3.63, 3.8) is 0 Å². The number of hydrogen-bond donors (Lipinski definition) is 1. The van der Waals surface area contributed by atoms with Gasteiger partial charge in [-0.1, -0.05) is 12.8 Å². The third-order valence-electron chi connectivity index (χ3n) is 3.33. The van der Waals surface area contributed by atoms with E-state index in [1.807, 2.05) is 34.6 Å². The van der Waals surface area contributed by atoms with Crippen LogP contribution in [0.15, 0.2) is 0 Å². The highest BCUT2D eigenvalue weighted by Gasteiger charge is 2.61. The molecule has 1 rings (SSSR count). The molecule has 1 heterocycles. The molecular weight excluding hydrogens is 164 g/mol. The lowest BCUT2D eigenvalue weighted by Gasteiger charge is -2.32. The van der Waals surface area contributed by atoms with E-state index in [0.717, 1.165) is 0 Å². The van der Waals surface area contributed by atoms with Crippen molar-refractivity contribution in [3.8, 4) is 12.3 Å². The molecule has 0 aromatic carbocycles. The van der Waals surface area contributed by atoms with E-state index in [1.165, 1.54) is 0 Å². The van der Waals surface area contributed by atoms with Crippen LogP contribution in [0.5, 0.6) is 0 Å². The average molecular weight is 182 g/mol. The smallest absolute Gasteiger partial charge is 0.158 e. The van der Waals surface area contributed by atoms with E-state index in [0.29, 0.717) is 0 Å². The summed E-state index contributed by atoms with van der Waals surface area (Å²) in [5.41, 5.74) is -2.22. The first-order valence-electron chi connectivity index (χ1n) is 4.58. The molecule has 2 nitrogen and oxygen atoms in total. The predicted molar refractivity (Wildman–Crippen MR) is 52.2 cm³/mol. The molecule has 1 saturated heterocycles. The van der Waals surface area contributed by atoms with Gasteiger partial charge in [-0.15, -0.1) is 6.42 Å². The molecule has 2 unspecified atom stereocenters. The zero-order chi connectivity index (χ0) is 10.5. The topological polar surface area (TPSA) is 29.5 Å². The summed E-state index contributed by atoms with van der Waals surface area (Å²) in [4.78, 5) is 0. The number of aliphatic hydroxyl groups is 1. The van der Waals surface area contributed by atoms with Crippen LogP contribution in [0.25, 0.3) is 0 Å². The molecule has 0 aromatic rings. The fourth-order valence-electron chi connectivity index (χ4n) is 2.15. The number of ether oxygens (including phenoxy) is 1. The van der Waals surface area contributed by atoms with Gasteiger partial charge in [0.1, 0.15) is 5.60 Å². The molecule has 0 bridgehead atoms. The standard InChI is InChI=1S/C11H18O2/c1-7-11(12)8(2)9(3,4)13-10(11,5)6/h1,8,12H,2-6H3. The average Bonchev–Trinajstić information content (AvgIpc) is 2.09. The Morgan fingerprint density at radius 2 is 1.77 bits per heavy atom. The Labute approximate surface area is 80.3 Å². The third-order valence-corrected chi connectivity index (χ3v) is 3.33. The molecule has 0 aromatic heterocycles. The van der Waals surface area contributed by atoms with Crippen LogP contribution in [0, 0.1) is 18.3 Å². The van der Waals surface area contributed by atoms with Gasteiger partial charge in [-0.25, -0.2) is 0 Å². The van der Waals surface area contributed by atoms with Crippen molar-refractivity contribution in [2.45, 2.75) is 51.4 Å². The highest BCUT2D eigenvalue weighted by molar-refractivity contribution is 5.24. The van der Waals surface area contributed by atoms with Crippen molar-refractivity contribution < 1.29 is 9.84 Å². The fraction of sp³-hybridized carbons (Fsp3) is 0.818. The van der Waals surface area contributed by atoms with Crippen LogP contribution in [0.3, 0.4) is 0 Å². The molecule has 0 radical (unpaired) electrons. The van der Waals surface area contributed by atoms with Gasteiger partial charge in [0, 0.05) is 5.92 Å². The van der Waals surface area contributed by atoms with Crippen molar-refractivity contribution >= 4 is 0 Å². The molecule has 0 saturated carbocycles. The van der Waals surface area contributed by atoms with Gasteiger partial charge in [0.2, 0.25) is 0 Å². The first-order valence-corrected chi connectivity index (χ1v) is 4.58. The molecule has 2 heteroatoms. The van der Waals surface area contributed by atoms with Crippen LogP contribution in [0.2, 0.25) is 0 Å². The summed E-state index contributed by atoms with van der Waals surface area (Å²) in [5.74, 6) is 2.40. The molecule has 0 amide bonds.